The van der Waals surface area contributed by atoms with Gasteiger partial charge in [-0.05, 0) is 47.5 Å². The summed E-state index contributed by atoms with van der Waals surface area (Å²) < 4.78 is 14.8. The number of hydrogen-bond donors (Lipinski definition) is 3. The van der Waals surface area contributed by atoms with Crippen molar-refractivity contribution in [3.05, 3.63) is 24.3 Å². The summed E-state index contributed by atoms with van der Waals surface area (Å²) in [6, 6.07) is 6.19. The molecule has 1 amide bonds. The largest absolute Gasteiger partial charge is 0.433 e. The molecule has 1 heterocycles. The molecule has 0 spiro atoms. The van der Waals surface area contributed by atoms with Crippen LogP contribution in [0.3, 0.4) is 0 Å². The average Bonchev–Trinajstić information content (AvgIpc) is 2.42. The second-order valence-corrected chi connectivity index (χ2v) is 6.67. The van der Waals surface area contributed by atoms with Crippen LogP contribution in [0.5, 0.6) is 5.75 Å². The van der Waals surface area contributed by atoms with Gasteiger partial charge in [0.1, 0.15) is 31.9 Å². The summed E-state index contributed by atoms with van der Waals surface area (Å²) in [5.41, 5.74) is 0.616. The molecule has 0 unspecified atom stereocenters. The number of carbonyl (C=O) groups is 1. The fourth-order valence-corrected chi connectivity index (χ4v) is 2.56. The van der Waals surface area contributed by atoms with Crippen molar-refractivity contribution >= 4 is 34.8 Å². The molecule has 8 heteroatoms. The Kier molecular flexibility index (Phi) is 5.86. The van der Waals surface area contributed by atoms with Crippen LogP contribution in [0.1, 0.15) is 0 Å². The quantitative estimate of drug-likeness (QED) is 0.625. The van der Waals surface area contributed by atoms with Crippen molar-refractivity contribution < 1.29 is 23.7 Å². The number of nitrogens with one attached hydrogen (secondary N) is 3. The predicted octanol–water partition coefficient (Wildman–Crippen LogP) is -0.524. The molecule has 22 heavy (non-hydrogen) atoms. The Morgan fingerprint density at radius 3 is 2.41 bits per heavy atom. The first-order valence-corrected chi connectivity index (χ1v) is 7.88. The fraction of sp³-hybridized carbons (Fsp3) is 0.500. The molecule has 1 aliphatic rings. The van der Waals surface area contributed by atoms with Gasteiger partial charge in [-0.2, -0.15) is 4.39 Å². The van der Waals surface area contributed by atoms with Crippen molar-refractivity contribution in [2.24, 2.45) is 0 Å². The molecule has 1 fully saturated rings. The zero-order valence-corrected chi connectivity index (χ0v) is 13.8. The molecule has 0 atom stereocenters. The van der Waals surface area contributed by atoms with Crippen LogP contribution in [0.15, 0.2) is 24.3 Å². The lowest BCUT2D eigenvalue weighted by Gasteiger charge is -2.26. The number of carbonyl (C=O) groups excluding carboxylic acids is 1. The number of piperazine rings is 1. The van der Waals surface area contributed by atoms with E-state index in [0.717, 1.165) is 26.2 Å². The number of alkyl halides is 3. The minimum Gasteiger partial charge on any atom is -0.433 e. The molecule has 122 valence electrons. The first kappa shape index (κ1) is 17.3. The SMILES string of the molecule is C[NH+]1CC[NH+](CC(=O)Nc2ccc(OC(F)(Cl)Cl)cc2)CC1. The maximum Gasteiger partial charge on any atom is 0.410 e. The van der Waals surface area contributed by atoms with Gasteiger partial charge in [-0.15, -0.1) is 0 Å². The van der Waals surface area contributed by atoms with Crippen LogP contribution < -0.4 is 19.9 Å². The van der Waals surface area contributed by atoms with Gasteiger partial charge in [-0.25, -0.2) is 0 Å². The van der Waals surface area contributed by atoms with Crippen molar-refractivity contribution in [3.63, 3.8) is 0 Å². The van der Waals surface area contributed by atoms with Gasteiger partial charge in [-0.3, -0.25) is 4.79 Å². The van der Waals surface area contributed by atoms with Gasteiger partial charge in [0.2, 0.25) is 0 Å². The number of benzene rings is 1. The summed E-state index contributed by atoms with van der Waals surface area (Å²) in [5, 5.41) is 2.81. The van der Waals surface area contributed by atoms with Crippen LogP contribution >= 0.6 is 23.2 Å². The molecule has 1 saturated heterocycles. The molecule has 1 aromatic carbocycles. The number of quaternary nitrogens is 2. The molecule has 0 radical (unpaired) electrons. The number of halogens is 3. The van der Waals surface area contributed by atoms with Gasteiger partial charge in [-0.1, -0.05) is 0 Å². The highest BCUT2D eigenvalue weighted by Crippen LogP contribution is 2.28. The monoisotopic (exact) mass is 351 g/mol. The maximum atomic E-state index is 12.9. The summed E-state index contributed by atoms with van der Waals surface area (Å²) in [7, 11) is 2.16. The van der Waals surface area contributed by atoms with Crippen LogP contribution in [-0.4, -0.2) is 50.5 Å². The predicted molar refractivity (Wildman–Crippen MR) is 83.4 cm³/mol. The van der Waals surface area contributed by atoms with E-state index in [2.05, 4.69) is 17.1 Å². The van der Waals surface area contributed by atoms with Gasteiger partial charge in [0.15, 0.2) is 6.54 Å². The minimum absolute atomic E-state index is 0.0438. The van der Waals surface area contributed by atoms with E-state index in [1.807, 2.05) is 0 Å². The van der Waals surface area contributed by atoms with E-state index < -0.39 is 4.77 Å². The van der Waals surface area contributed by atoms with Crippen molar-refractivity contribution in [3.8, 4) is 5.75 Å². The summed E-state index contributed by atoms with van der Waals surface area (Å²) in [5.74, 6) is 0.135. The molecule has 0 bridgehead atoms. The highest BCUT2D eigenvalue weighted by atomic mass is 35.5. The Bertz CT molecular complexity index is 500. The van der Waals surface area contributed by atoms with E-state index >= 15 is 0 Å². The first-order chi connectivity index (χ1) is 10.3. The Labute approximate surface area is 138 Å². The van der Waals surface area contributed by atoms with Gasteiger partial charge >= 0.3 is 4.77 Å². The van der Waals surface area contributed by atoms with Crippen molar-refractivity contribution in [1.29, 1.82) is 0 Å². The Morgan fingerprint density at radius 1 is 1.27 bits per heavy atom. The highest BCUT2D eigenvalue weighted by molar-refractivity contribution is 6.46. The van der Waals surface area contributed by atoms with E-state index in [-0.39, 0.29) is 11.7 Å². The molecule has 1 aromatic rings. The molecule has 0 aliphatic carbocycles. The third-order valence-corrected chi connectivity index (χ3v) is 3.75. The van der Waals surface area contributed by atoms with E-state index in [0.29, 0.717) is 12.2 Å². The molecular formula is C14H20Cl2FN3O2+2. The van der Waals surface area contributed by atoms with Gasteiger partial charge in [0, 0.05) is 5.69 Å². The van der Waals surface area contributed by atoms with Gasteiger partial charge in [0.25, 0.3) is 5.91 Å². The van der Waals surface area contributed by atoms with Crippen LogP contribution in [0.4, 0.5) is 10.1 Å². The number of likely N-dealkylation sites (N-methyl/N-ethyl adjacent to an activating group) is 1. The molecule has 2 rings (SSSR count). The Morgan fingerprint density at radius 2 is 1.86 bits per heavy atom. The lowest BCUT2D eigenvalue weighted by molar-refractivity contribution is -0.999. The lowest BCUT2D eigenvalue weighted by atomic mass is 10.3. The third-order valence-electron chi connectivity index (χ3n) is 3.59. The van der Waals surface area contributed by atoms with Crippen molar-refractivity contribution in [2.75, 3.05) is 45.1 Å². The number of amides is 1. The van der Waals surface area contributed by atoms with Crippen LogP contribution in [0, 0.1) is 0 Å². The fourth-order valence-electron chi connectivity index (χ4n) is 2.38. The minimum atomic E-state index is -2.77. The normalized spacial score (nSPS) is 22.2. The molecule has 1 aliphatic heterocycles. The second-order valence-electron chi connectivity index (χ2n) is 5.50. The highest BCUT2D eigenvalue weighted by Gasteiger charge is 2.24. The summed E-state index contributed by atoms with van der Waals surface area (Å²) in [6.07, 6.45) is 0. The molecule has 0 aromatic heterocycles. The number of ether oxygens (including phenoxy) is 1. The van der Waals surface area contributed by atoms with E-state index in [1.54, 1.807) is 12.1 Å². The lowest BCUT2D eigenvalue weighted by Crippen LogP contribution is -3.27. The number of anilines is 1. The van der Waals surface area contributed by atoms with Crippen molar-refractivity contribution in [2.45, 2.75) is 4.77 Å². The molecule has 3 N–H and O–H groups in total. The first-order valence-electron chi connectivity index (χ1n) is 7.12. The zero-order valence-electron chi connectivity index (χ0n) is 12.3. The summed E-state index contributed by atoms with van der Waals surface area (Å²) >= 11 is 10.2. The standard InChI is InChI=1S/C14H18Cl2FN3O2/c1-19-6-8-20(9-7-19)10-13(21)18-11-2-4-12(5-3-11)22-14(15,16)17/h2-5H,6-10H2,1H3,(H,18,21)/p+2. The molecule has 5 nitrogen and oxygen atoms in total. The Hall–Kier alpha value is -1.08. The van der Waals surface area contributed by atoms with Gasteiger partial charge < -0.3 is 19.9 Å². The Balaban J connectivity index is 1.81. The van der Waals surface area contributed by atoms with Crippen LogP contribution in [0.25, 0.3) is 0 Å². The number of rotatable bonds is 5. The zero-order chi connectivity index (χ0) is 16.2. The number of hydrogen-bond acceptors (Lipinski definition) is 2. The van der Waals surface area contributed by atoms with Crippen molar-refractivity contribution in [1.82, 2.24) is 0 Å². The molecular weight excluding hydrogens is 332 g/mol. The molecule has 0 saturated carbocycles. The summed E-state index contributed by atoms with van der Waals surface area (Å²) in [6.45, 7) is 4.60. The smallest absolute Gasteiger partial charge is 0.410 e. The van der Waals surface area contributed by atoms with Gasteiger partial charge in [0.05, 0.1) is 7.05 Å². The van der Waals surface area contributed by atoms with E-state index in [1.165, 1.54) is 21.9 Å². The average molecular weight is 352 g/mol. The second kappa shape index (κ2) is 7.46. The third kappa shape index (κ3) is 5.96. The van der Waals surface area contributed by atoms with Crippen LogP contribution in [-0.2, 0) is 4.79 Å². The van der Waals surface area contributed by atoms with Crippen LogP contribution in [0.2, 0.25) is 0 Å². The summed E-state index contributed by atoms with van der Waals surface area (Å²) in [4.78, 5) is 14.8. The van der Waals surface area contributed by atoms with E-state index in [4.69, 9.17) is 23.2 Å². The maximum absolute atomic E-state index is 12.9. The van der Waals surface area contributed by atoms with E-state index in [9.17, 15) is 9.18 Å². The topological polar surface area (TPSA) is 47.2 Å².